The lowest BCUT2D eigenvalue weighted by Gasteiger charge is -2.17. The molecule has 2 fully saturated rings. The number of nitrogens with zero attached hydrogens (tertiary/aromatic N) is 3. The van der Waals surface area contributed by atoms with Crippen molar-refractivity contribution in [1.29, 1.82) is 0 Å². The molecule has 2 N–H and O–H groups in total. The Balaban J connectivity index is 1.46. The minimum Gasteiger partial charge on any atom is -0.383 e. The lowest BCUT2D eigenvalue weighted by atomic mass is 10.1. The predicted octanol–water partition coefficient (Wildman–Crippen LogP) is 1.13. The Labute approximate surface area is 131 Å². The average Bonchev–Trinajstić information content (AvgIpc) is 3.15. The lowest BCUT2D eigenvalue weighted by molar-refractivity contribution is 0.183. The molecule has 1 saturated carbocycles. The van der Waals surface area contributed by atoms with E-state index in [1.807, 2.05) is 6.20 Å². The van der Waals surface area contributed by atoms with Gasteiger partial charge in [-0.1, -0.05) is 6.92 Å². The van der Waals surface area contributed by atoms with Gasteiger partial charge in [-0.3, -0.25) is 9.58 Å². The van der Waals surface area contributed by atoms with Crippen LogP contribution in [0.3, 0.4) is 0 Å². The van der Waals surface area contributed by atoms with Crippen LogP contribution >= 0.6 is 0 Å². The van der Waals surface area contributed by atoms with E-state index < -0.39 is 0 Å². The standard InChI is InChI=1S/C15H25N5O2/c1-11-8-19(13-3-4-13)10-14(11)18-15(21)17-12-7-16-20(9-12)5-6-22-2/h7,9,11,13-14H,3-6,8,10H2,1-2H3,(H2,17,18,21)/t11-,14-/m0/s1. The second-order valence-corrected chi connectivity index (χ2v) is 6.35. The van der Waals surface area contributed by atoms with Crippen LogP contribution in [0.1, 0.15) is 19.8 Å². The van der Waals surface area contributed by atoms with Crippen LogP contribution < -0.4 is 10.6 Å². The largest absolute Gasteiger partial charge is 0.383 e. The number of nitrogens with one attached hydrogen (secondary N) is 2. The molecule has 0 aromatic carbocycles. The first-order valence-electron chi connectivity index (χ1n) is 7.98. The van der Waals surface area contributed by atoms with E-state index in [4.69, 9.17) is 4.74 Å². The number of methoxy groups -OCH3 is 1. The van der Waals surface area contributed by atoms with Gasteiger partial charge in [0, 0.05) is 38.5 Å². The Morgan fingerprint density at radius 2 is 2.27 bits per heavy atom. The summed E-state index contributed by atoms with van der Waals surface area (Å²) in [5.41, 5.74) is 0.707. The highest BCUT2D eigenvalue weighted by Crippen LogP contribution is 2.31. The molecular formula is C15H25N5O2. The van der Waals surface area contributed by atoms with Crippen LogP contribution in [-0.2, 0) is 11.3 Å². The number of anilines is 1. The van der Waals surface area contributed by atoms with Gasteiger partial charge in [-0.05, 0) is 18.8 Å². The number of hydrogen-bond acceptors (Lipinski definition) is 4. The van der Waals surface area contributed by atoms with Gasteiger partial charge in [-0.15, -0.1) is 0 Å². The van der Waals surface area contributed by atoms with Gasteiger partial charge in [-0.25, -0.2) is 4.79 Å². The summed E-state index contributed by atoms with van der Waals surface area (Å²) < 4.78 is 6.76. The van der Waals surface area contributed by atoms with Crippen LogP contribution in [0.5, 0.6) is 0 Å². The lowest BCUT2D eigenvalue weighted by Crippen LogP contribution is -2.42. The number of ether oxygens (including phenoxy) is 1. The molecule has 2 heterocycles. The monoisotopic (exact) mass is 307 g/mol. The molecule has 7 nitrogen and oxygen atoms in total. The smallest absolute Gasteiger partial charge is 0.319 e. The van der Waals surface area contributed by atoms with Crippen molar-refractivity contribution >= 4 is 11.7 Å². The molecule has 2 aliphatic rings. The van der Waals surface area contributed by atoms with Crippen LogP contribution in [0, 0.1) is 5.92 Å². The summed E-state index contributed by atoms with van der Waals surface area (Å²) in [5.74, 6) is 0.496. The number of hydrogen-bond donors (Lipinski definition) is 2. The Kier molecular flexibility index (Phi) is 4.63. The van der Waals surface area contributed by atoms with Crippen LogP contribution in [-0.4, -0.2) is 59.6 Å². The molecule has 3 rings (SSSR count). The first kappa shape index (κ1) is 15.3. The minimum atomic E-state index is -0.152. The number of likely N-dealkylation sites (tertiary alicyclic amines) is 1. The molecule has 7 heteroatoms. The third kappa shape index (κ3) is 3.78. The number of carbonyl (C=O) groups is 1. The highest BCUT2D eigenvalue weighted by atomic mass is 16.5. The third-order valence-electron chi connectivity index (χ3n) is 4.44. The van der Waals surface area contributed by atoms with E-state index in [2.05, 4.69) is 27.6 Å². The van der Waals surface area contributed by atoms with Gasteiger partial charge in [0.1, 0.15) is 0 Å². The van der Waals surface area contributed by atoms with Crippen molar-refractivity contribution in [3.63, 3.8) is 0 Å². The van der Waals surface area contributed by atoms with Crippen LogP contribution in [0.4, 0.5) is 10.5 Å². The van der Waals surface area contributed by atoms with E-state index in [-0.39, 0.29) is 12.1 Å². The number of rotatable bonds is 6. The van der Waals surface area contributed by atoms with Crippen molar-refractivity contribution in [1.82, 2.24) is 20.0 Å². The second-order valence-electron chi connectivity index (χ2n) is 6.35. The Bertz CT molecular complexity index is 514. The molecule has 1 aromatic rings. The molecule has 1 aliphatic heterocycles. The molecule has 22 heavy (non-hydrogen) atoms. The molecular weight excluding hydrogens is 282 g/mol. The SMILES string of the molecule is COCCn1cc(NC(=O)N[C@H]2CN(C3CC3)C[C@@H]2C)cn1. The number of aromatic nitrogens is 2. The maximum absolute atomic E-state index is 12.1. The van der Waals surface area contributed by atoms with Crippen molar-refractivity contribution in [3.05, 3.63) is 12.4 Å². The zero-order chi connectivity index (χ0) is 15.5. The van der Waals surface area contributed by atoms with Crippen molar-refractivity contribution in [2.75, 3.05) is 32.1 Å². The van der Waals surface area contributed by atoms with Crippen molar-refractivity contribution < 1.29 is 9.53 Å². The summed E-state index contributed by atoms with van der Waals surface area (Å²) in [6, 6.07) is 0.834. The van der Waals surface area contributed by atoms with Crippen LogP contribution in [0.2, 0.25) is 0 Å². The highest BCUT2D eigenvalue weighted by Gasteiger charge is 2.38. The Morgan fingerprint density at radius 3 is 3.00 bits per heavy atom. The van der Waals surface area contributed by atoms with E-state index in [9.17, 15) is 4.79 Å². The van der Waals surface area contributed by atoms with E-state index >= 15 is 0 Å². The fraction of sp³-hybridized carbons (Fsp3) is 0.733. The maximum Gasteiger partial charge on any atom is 0.319 e. The summed E-state index contributed by atoms with van der Waals surface area (Å²) in [6.45, 7) is 5.53. The van der Waals surface area contributed by atoms with Gasteiger partial charge in [0.15, 0.2) is 0 Å². The van der Waals surface area contributed by atoms with Crippen molar-refractivity contribution in [2.45, 2.75) is 38.4 Å². The molecule has 0 bridgehead atoms. The highest BCUT2D eigenvalue weighted by molar-refractivity contribution is 5.89. The van der Waals surface area contributed by atoms with Gasteiger partial charge in [0.2, 0.25) is 0 Å². The summed E-state index contributed by atoms with van der Waals surface area (Å²) >= 11 is 0. The Hall–Kier alpha value is -1.60. The summed E-state index contributed by atoms with van der Waals surface area (Å²) in [5, 5.41) is 10.1. The third-order valence-corrected chi connectivity index (χ3v) is 4.44. The molecule has 2 atom stereocenters. The molecule has 2 amide bonds. The Morgan fingerprint density at radius 1 is 1.45 bits per heavy atom. The normalized spacial score (nSPS) is 25.4. The van der Waals surface area contributed by atoms with Gasteiger partial charge >= 0.3 is 6.03 Å². The first-order chi connectivity index (χ1) is 10.7. The summed E-state index contributed by atoms with van der Waals surface area (Å²) in [6.07, 6.45) is 6.09. The predicted molar refractivity (Wildman–Crippen MR) is 83.8 cm³/mol. The molecule has 1 aromatic heterocycles. The minimum absolute atomic E-state index is 0.152. The average molecular weight is 307 g/mol. The zero-order valence-corrected chi connectivity index (χ0v) is 13.3. The van der Waals surface area contributed by atoms with E-state index in [0.29, 0.717) is 24.8 Å². The van der Waals surface area contributed by atoms with E-state index in [0.717, 1.165) is 19.1 Å². The van der Waals surface area contributed by atoms with Crippen molar-refractivity contribution in [3.8, 4) is 0 Å². The van der Waals surface area contributed by atoms with Gasteiger partial charge in [0.25, 0.3) is 0 Å². The van der Waals surface area contributed by atoms with Crippen LogP contribution in [0.25, 0.3) is 0 Å². The quantitative estimate of drug-likeness (QED) is 0.826. The van der Waals surface area contributed by atoms with E-state index in [1.54, 1.807) is 18.0 Å². The molecule has 0 radical (unpaired) electrons. The van der Waals surface area contributed by atoms with E-state index in [1.165, 1.54) is 12.8 Å². The van der Waals surface area contributed by atoms with Gasteiger partial charge in [0.05, 0.1) is 25.0 Å². The molecule has 0 unspecified atom stereocenters. The number of urea groups is 1. The topological polar surface area (TPSA) is 71.4 Å². The fourth-order valence-electron chi connectivity index (χ4n) is 3.00. The molecule has 1 saturated heterocycles. The van der Waals surface area contributed by atoms with Gasteiger partial charge in [-0.2, -0.15) is 5.10 Å². The first-order valence-corrected chi connectivity index (χ1v) is 7.98. The number of carbonyl (C=O) groups excluding carboxylic acids is 1. The fourth-order valence-corrected chi connectivity index (χ4v) is 3.00. The molecule has 122 valence electrons. The van der Waals surface area contributed by atoms with Crippen molar-refractivity contribution in [2.24, 2.45) is 5.92 Å². The zero-order valence-electron chi connectivity index (χ0n) is 13.3. The van der Waals surface area contributed by atoms with Gasteiger partial charge < -0.3 is 15.4 Å². The maximum atomic E-state index is 12.1. The second kappa shape index (κ2) is 6.66. The number of amides is 2. The molecule has 1 aliphatic carbocycles. The molecule has 0 spiro atoms. The van der Waals surface area contributed by atoms with Crippen LogP contribution in [0.15, 0.2) is 12.4 Å². The summed E-state index contributed by atoms with van der Waals surface area (Å²) in [7, 11) is 1.66. The summed E-state index contributed by atoms with van der Waals surface area (Å²) in [4.78, 5) is 14.6.